The summed E-state index contributed by atoms with van der Waals surface area (Å²) in [5.41, 5.74) is 0.802. The summed E-state index contributed by atoms with van der Waals surface area (Å²) in [4.78, 5) is 0.643. The summed E-state index contributed by atoms with van der Waals surface area (Å²) in [5.74, 6) is 1.44. The molecule has 1 rings (SSSR count). The van der Waals surface area contributed by atoms with E-state index in [1.54, 1.807) is 14.2 Å². The Labute approximate surface area is 102 Å². The molecule has 0 spiro atoms. The lowest BCUT2D eigenvalue weighted by Gasteiger charge is -2.16. The molecule has 1 aromatic rings. The first-order valence-corrected chi connectivity index (χ1v) is 5.52. The van der Waals surface area contributed by atoms with Gasteiger partial charge in [0.2, 0.25) is 0 Å². The Balaban J connectivity index is 3.12. The van der Waals surface area contributed by atoms with Gasteiger partial charge in [-0.05, 0) is 26.0 Å². The average Bonchev–Trinajstić information content (AvgIpc) is 2.26. The number of nitrogens with one attached hydrogen (secondary N) is 1. The largest absolute Gasteiger partial charge is 0.496 e. The van der Waals surface area contributed by atoms with Crippen LogP contribution in [0.4, 0.5) is 0 Å². The summed E-state index contributed by atoms with van der Waals surface area (Å²) in [6.07, 6.45) is 0. The van der Waals surface area contributed by atoms with Crippen LogP contribution in [0.15, 0.2) is 18.2 Å². The third kappa shape index (κ3) is 2.85. The van der Waals surface area contributed by atoms with E-state index in [2.05, 4.69) is 5.32 Å². The van der Waals surface area contributed by atoms with Crippen molar-refractivity contribution < 1.29 is 9.47 Å². The van der Waals surface area contributed by atoms with E-state index in [-0.39, 0.29) is 6.04 Å². The van der Waals surface area contributed by atoms with Crippen molar-refractivity contribution in [3.05, 3.63) is 23.8 Å². The van der Waals surface area contributed by atoms with Crippen molar-refractivity contribution in [2.45, 2.75) is 19.9 Å². The van der Waals surface area contributed by atoms with Gasteiger partial charge in [0.15, 0.2) is 0 Å². The molecule has 4 heteroatoms. The Hall–Kier alpha value is -1.29. The highest BCUT2D eigenvalue weighted by molar-refractivity contribution is 7.80. The van der Waals surface area contributed by atoms with Gasteiger partial charge in [0.1, 0.15) is 16.5 Å². The molecule has 0 heterocycles. The summed E-state index contributed by atoms with van der Waals surface area (Å²) in [6, 6.07) is 5.89. The minimum Gasteiger partial charge on any atom is -0.496 e. The lowest BCUT2D eigenvalue weighted by atomic mass is 10.1. The highest BCUT2D eigenvalue weighted by atomic mass is 32.1. The molecule has 0 amide bonds. The normalized spacial score (nSPS) is 10.1. The third-order valence-electron chi connectivity index (χ3n) is 2.07. The van der Waals surface area contributed by atoms with Gasteiger partial charge in [-0.3, -0.25) is 0 Å². The molecule has 1 N–H and O–H groups in total. The number of benzene rings is 1. The van der Waals surface area contributed by atoms with Crippen LogP contribution in [-0.4, -0.2) is 25.2 Å². The molecule has 0 saturated heterocycles. The van der Waals surface area contributed by atoms with Crippen molar-refractivity contribution >= 4 is 17.2 Å². The lowest BCUT2D eigenvalue weighted by molar-refractivity contribution is 0.392. The van der Waals surface area contributed by atoms with E-state index in [0.717, 1.165) is 17.1 Å². The van der Waals surface area contributed by atoms with Crippen LogP contribution in [0, 0.1) is 0 Å². The molecule has 3 nitrogen and oxygen atoms in total. The molecule has 88 valence electrons. The molecule has 0 aliphatic rings. The predicted molar refractivity (Wildman–Crippen MR) is 69.5 cm³/mol. The van der Waals surface area contributed by atoms with E-state index in [9.17, 15) is 0 Å². The van der Waals surface area contributed by atoms with Crippen molar-refractivity contribution in [1.82, 2.24) is 5.32 Å². The molecule has 0 aromatic heterocycles. The lowest BCUT2D eigenvalue weighted by Crippen LogP contribution is -2.29. The maximum absolute atomic E-state index is 5.33. The summed E-state index contributed by atoms with van der Waals surface area (Å²) < 4.78 is 10.6. The Morgan fingerprint density at radius 2 is 1.69 bits per heavy atom. The van der Waals surface area contributed by atoms with Crippen molar-refractivity contribution in [2.24, 2.45) is 0 Å². The number of ether oxygens (including phenoxy) is 2. The third-order valence-corrected chi connectivity index (χ3v) is 2.40. The molecule has 0 unspecified atom stereocenters. The van der Waals surface area contributed by atoms with Gasteiger partial charge in [-0.2, -0.15) is 0 Å². The first-order valence-electron chi connectivity index (χ1n) is 5.12. The molecule has 0 fully saturated rings. The van der Waals surface area contributed by atoms with Crippen LogP contribution in [0.3, 0.4) is 0 Å². The number of hydrogen-bond donors (Lipinski definition) is 1. The summed E-state index contributed by atoms with van der Waals surface area (Å²) in [5, 5.41) is 3.18. The van der Waals surface area contributed by atoms with Gasteiger partial charge < -0.3 is 14.8 Å². The molecule has 0 saturated carbocycles. The first kappa shape index (κ1) is 12.8. The van der Waals surface area contributed by atoms with E-state index in [1.165, 1.54) is 0 Å². The van der Waals surface area contributed by atoms with Crippen molar-refractivity contribution in [3.8, 4) is 11.5 Å². The Kier molecular flexibility index (Phi) is 4.55. The van der Waals surface area contributed by atoms with Gasteiger partial charge in [-0.15, -0.1) is 0 Å². The highest BCUT2D eigenvalue weighted by Gasteiger charge is 2.14. The van der Waals surface area contributed by atoms with Gasteiger partial charge >= 0.3 is 0 Å². The second kappa shape index (κ2) is 5.70. The number of methoxy groups -OCH3 is 2. The monoisotopic (exact) mass is 239 g/mol. The zero-order valence-corrected chi connectivity index (χ0v) is 10.9. The fourth-order valence-corrected chi connectivity index (χ4v) is 1.85. The fraction of sp³-hybridized carbons (Fsp3) is 0.417. The summed E-state index contributed by atoms with van der Waals surface area (Å²) in [6.45, 7) is 4.07. The maximum atomic E-state index is 5.33. The van der Waals surface area contributed by atoms with Gasteiger partial charge in [0, 0.05) is 6.04 Å². The van der Waals surface area contributed by atoms with Gasteiger partial charge in [-0.25, -0.2) is 0 Å². The van der Waals surface area contributed by atoms with Crippen LogP contribution in [0.2, 0.25) is 0 Å². The molecular weight excluding hydrogens is 222 g/mol. The first-order chi connectivity index (χ1) is 7.60. The van der Waals surface area contributed by atoms with E-state index < -0.39 is 0 Å². The minimum absolute atomic E-state index is 0.280. The molecule has 0 aliphatic heterocycles. The van der Waals surface area contributed by atoms with Gasteiger partial charge in [0.25, 0.3) is 0 Å². The van der Waals surface area contributed by atoms with Crippen LogP contribution in [-0.2, 0) is 0 Å². The predicted octanol–water partition coefficient (Wildman–Crippen LogP) is 2.38. The van der Waals surface area contributed by atoms with Crippen LogP contribution in [0.25, 0.3) is 0 Å². The zero-order valence-electron chi connectivity index (χ0n) is 10.0. The standard InChI is InChI=1S/C12H17NO2S/c1-8(2)13-12(16)11-9(14-3)6-5-7-10(11)15-4/h5-8H,1-4H3,(H,13,16). The Morgan fingerprint density at radius 1 is 1.19 bits per heavy atom. The van der Waals surface area contributed by atoms with Crippen molar-refractivity contribution in [1.29, 1.82) is 0 Å². The quantitative estimate of drug-likeness (QED) is 0.817. The van der Waals surface area contributed by atoms with E-state index in [4.69, 9.17) is 21.7 Å². The minimum atomic E-state index is 0.280. The average molecular weight is 239 g/mol. The zero-order chi connectivity index (χ0) is 12.1. The van der Waals surface area contributed by atoms with Crippen molar-refractivity contribution in [3.63, 3.8) is 0 Å². The van der Waals surface area contributed by atoms with Crippen molar-refractivity contribution in [2.75, 3.05) is 14.2 Å². The number of rotatable bonds is 4. The second-order valence-electron chi connectivity index (χ2n) is 3.67. The Morgan fingerprint density at radius 3 is 2.06 bits per heavy atom. The van der Waals surface area contributed by atoms with Crippen LogP contribution in [0.5, 0.6) is 11.5 Å². The summed E-state index contributed by atoms with van der Waals surface area (Å²) in [7, 11) is 3.24. The fourth-order valence-electron chi connectivity index (χ4n) is 1.41. The molecule has 0 bridgehead atoms. The van der Waals surface area contributed by atoms with E-state index >= 15 is 0 Å². The maximum Gasteiger partial charge on any atom is 0.132 e. The molecule has 0 radical (unpaired) electrons. The van der Waals surface area contributed by atoms with Gasteiger partial charge in [-0.1, -0.05) is 18.3 Å². The highest BCUT2D eigenvalue weighted by Crippen LogP contribution is 2.28. The van der Waals surface area contributed by atoms with Gasteiger partial charge in [0.05, 0.1) is 19.8 Å². The second-order valence-corrected chi connectivity index (χ2v) is 4.07. The SMILES string of the molecule is COc1cccc(OC)c1C(=S)NC(C)C. The van der Waals surface area contributed by atoms with Crippen LogP contribution >= 0.6 is 12.2 Å². The van der Waals surface area contributed by atoms with E-state index in [0.29, 0.717) is 4.99 Å². The van der Waals surface area contributed by atoms with Crippen LogP contribution < -0.4 is 14.8 Å². The van der Waals surface area contributed by atoms with Crippen LogP contribution in [0.1, 0.15) is 19.4 Å². The molecule has 1 aromatic carbocycles. The summed E-state index contributed by atoms with van der Waals surface area (Å²) >= 11 is 5.33. The molecule has 16 heavy (non-hydrogen) atoms. The topological polar surface area (TPSA) is 30.5 Å². The smallest absolute Gasteiger partial charge is 0.132 e. The number of thiocarbonyl (C=S) groups is 1. The van der Waals surface area contributed by atoms with E-state index in [1.807, 2.05) is 32.0 Å². The molecule has 0 atom stereocenters. The molecular formula is C12H17NO2S. The Bertz CT molecular complexity index is 355. The molecule has 0 aliphatic carbocycles. The number of hydrogen-bond acceptors (Lipinski definition) is 3.